The molecule has 0 spiro atoms. The Labute approximate surface area is 119 Å². The van der Waals surface area contributed by atoms with Gasteiger partial charge in [0.05, 0.1) is 19.3 Å². The van der Waals surface area contributed by atoms with Crippen molar-refractivity contribution in [1.29, 1.82) is 0 Å². The van der Waals surface area contributed by atoms with Crippen LogP contribution in [-0.2, 0) is 9.47 Å². The van der Waals surface area contributed by atoms with E-state index in [1.54, 1.807) is 25.1 Å². The van der Waals surface area contributed by atoms with Crippen LogP contribution in [0.3, 0.4) is 0 Å². The fraction of sp³-hybridized carbons (Fsp3) is 0.533. The molecule has 0 bridgehead atoms. The van der Waals surface area contributed by atoms with Crippen LogP contribution in [-0.4, -0.2) is 31.9 Å². The van der Waals surface area contributed by atoms with Gasteiger partial charge in [0.15, 0.2) is 0 Å². The molecule has 5 heteroatoms. The van der Waals surface area contributed by atoms with Crippen LogP contribution in [0.5, 0.6) is 5.75 Å². The van der Waals surface area contributed by atoms with Crippen molar-refractivity contribution in [2.45, 2.75) is 32.3 Å². The van der Waals surface area contributed by atoms with Crippen LogP contribution in [0.2, 0.25) is 0 Å². The minimum absolute atomic E-state index is 0.266. The van der Waals surface area contributed by atoms with E-state index < -0.39 is 0 Å². The molecule has 0 aliphatic carbocycles. The molecule has 0 saturated carbocycles. The number of benzene rings is 1. The van der Waals surface area contributed by atoms with Crippen molar-refractivity contribution >= 4 is 11.7 Å². The Balaban J connectivity index is 1.97. The lowest BCUT2D eigenvalue weighted by Crippen LogP contribution is -2.13. The second-order valence-electron chi connectivity index (χ2n) is 4.75. The molecule has 1 aromatic carbocycles. The number of esters is 1. The van der Waals surface area contributed by atoms with E-state index >= 15 is 0 Å². The Morgan fingerprint density at radius 2 is 2.35 bits per heavy atom. The molecule has 1 aromatic rings. The van der Waals surface area contributed by atoms with Crippen molar-refractivity contribution in [2.75, 3.05) is 25.6 Å². The van der Waals surface area contributed by atoms with Crippen LogP contribution >= 0.6 is 0 Å². The van der Waals surface area contributed by atoms with Crippen LogP contribution in [0.1, 0.15) is 36.5 Å². The zero-order valence-electron chi connectivity index (χ0n) is 11.8. The number of nitrogens with two attached hydrogens (primary N) is 1. The molecule has 110 valence electrons. The first kappa shape index (κ1) is 14.7. The molecule has 5 nitrogen and oxygen atoms in total. The number of carbonyl (C=O) groups excluding carboxylic acids is 1. The van der Waals surface area contributed by atoms with Crippen LogP contribution in [0.25, 0.3) is 0 Å². The summed E-state index contributed by atoms with van der Waals surface area (Å²) in [5.74, 6) is 0.0843. The van der Waals surface area contributed by atoms with Gasteiger partial charge in [-0.15, -0.1) is 0 Å². The summed E-state index contributed by atoms with van der Waals surface area (Å²) in [7, 11) is 0. The molecule has 1 atom stereocenters. The van der Waals surface area contributed by atoms with Crippen LogP contribution in [0, 0.1) is 0 Å². The largest absolute Gasteiger partial charge is 0.493 e. The lowest BCUT2D eigenvalue weighted by Gasteiger charge is -2.13. The van der Waals surface area contributed by atoms with Gasteiger partial charge in [0.2, 0.25) is 0 Å². The summed E-state index contributed by atoms with van der Waals surface area (Å²) in [4.78, 5) is 11.8. The minimum Gasteiger partial charge on any atom is -0.493 e. The highest BCUT2D eigenvalue weighted by atomic mass is 16.5. The van der Waals surface area contributed by atoms with Crippen molar-refractivity contribution < 1.29 is 19.0 Å². The maximum absolute atomic E-state index is 11.8. The molecule has 0 aromatic heterocycles. The first-order valence-corrected chi connectivity index (χ1v) is 7.01. The topological polar surface area (TPSA) is 70.8 Å². The molecule has 1 saturated heterocycles. The maximum Gasteiger partial charge on any atom is 0.341 e. The molecule has 1 heterocycles. The SMILES string of the molecule is CCOC(=O)c1ccc(N)cc1OCCC1CCCO1. The monoisotopic (exact) mass is 279 g/mol. The van der Waals surface area contributed by atoms with Crippen LogP contribution < -0.4 is 10.5 Å². The standard InChI is InChI=1S/C15H21NO4/c1-2-18-15(17)13-6-5-11(16)10-14(13)20-9-7-12-4-3-8-19-12/h5-6,10,12H,2-4,7-9,16H2,1H3. The summed E-state index contributed by atoms with van der Waals surface area (Å²) in [6.45, 7) is 3.43. The molecular formula is C15H21NO4. The smallest absolute Gasteiger partial charge is 0.341 e. The zero-order chi connectivity index (χ0) is 14.4. The van der Waals surface area contributed by atoms with Crippen molar-refractivity contribution in [3.63, 3.8) is 0 Å². The van der Waals surface area contributed by atoms with E-state index in [0.29, 0.717) is 30.2 Å². The van der Waals surface area contributed by atoms with Gasteiger partial charge in [-0.25, -0.2) is 4.79 Å². The van der Waals surface area contributed by atoms with Crippen LogP contribution in [0.4, 0.5) is 5.69 Å². The van der Waals surface area contributed by atoms with Crippen molar-refractivity contribution in [1.82, 2.24) is 0 Å². The summed E-state index contributed by atoms with van der Waals surface area (Å²) in [5.41, 5.74) is 6.71. The lowest BCUT2D eigenvalue weighted by atomic mass is 10.1. The second-order valence-corrected chi connectivity index (χ2v) is 4.75. The number of ether oxygens (including phenoxy) is 3. The number of hydrogen-bond acceptors (Lipinski definition) is 5. The second kappa shape index (κ2) is 7.14. The molecule has 0 radical (unpaired) electrons. The summed E-state index contributed by atoms with van der Waals surface area (Å²) in [6.07, 6.45) is 3.26. The molecule has 1 aliphatic heterocycles. The van der Waals surface area contributed by atoms with Gasteiger partial charge >= 0.3 is 5.97 Å². The normalized spacial score (nSPS) is 17.9. The number of rotatable bonds is 6. The fourth-order valence-electron chi connectivity index (χ4n) is 2.21. The fourth-order valence-corrected chi connectivity index (χ4v) is 2.21. The van der Waals surface area contributed by atoms with Crippen molar-refractivity contribution in [3.8, 4) is 5.75 Å². The van der Waals surface area contributed by atoms with Gasteiger partial charge in [0.25, 0.3) is 0 Å². The summed E-state index contributed by atoms with van der Waals surface area (Å²) >= 11 is 0. The van der Waals surface area contributed by atoms with Gasteiger partial charge in [-0.3, -0.25) is 0 Å². The third-order valence-corrected chi connectivity index (χ3v) is 3.22. The Kier molecular flexibility index (Phi) is 5.24. The van der Waals surface area contributed by atoms with E-state index in [1.807, 2.05) is 0 Å². The Hall–Kier alpha value is -1.75. The van der Waals surface area contributed by atoms with E-state index in [-0.39, 0.29) is 12.1 Å². The van der Waals surface area contributed by atoms with E-state index in [4.69, 9.17) is 19.9 Å². The average molecular weight is 279 g/mol. The van der Waals surface area contributed by atoms with Crippen molar-refractivity contribution in [2.24, 2.45) is 0 Å². The predicted octanol–water partition coefficient (Wildman–Crippen LogP) is 2.39. The van der Waals surface area contributed by atoms with Crippen LogP contribution in [0.15, 0.2) is 18.2 Å². The van der Waals surface area contributed by atoms with Gasteiger partial charge in [-0.2, -0.15) is 0 Å². The first-order chi connectivity index (χ1) is 9.70. The first-order valence-electron chi connectivity index (χ1n) is 7.01. The maximum atomic E-state index is 11.8. The highest BCUT2D eigenvalue weighted by Gasteiger charge is 2.17. The predicted molar refractivity (Wildman–Crippen MR) is 75.9 cm³/mol. The van der Waals surface area contributed by atoms with E-state index in [0.717, 1.165) is 25.9 Å². The molecule has 1 unspecified atom stereocenters. The van der Waals surface area contributed by atoms with Gasteiger partial charge in [0.1, 0.15) is 11.3 Å². The average Bonchev–Trinajstić information content (AvgIpc) is 2.92. The number of carbonyl (C=O) groups is 1. The molecule has 1 fully saturated rings. The summed E-state index contributed by atoms with van der Waals surface area (Å²) < 4.78 is 16.2. The Morgan fingerprint density at radius 3 is 3.05 bits per heavy atom. The van der Waals surface area contributed by atoms with Gasteiger partial charge in [0, 0.05) is 24.8 Å². The molecule has 2 rings (SSSR count). The summed E-state index contributed by atoms with van der Waals surface area (Å²) in [6, 6.07) is 4.95. The Bertz CT molecular complexity index is 455. The Morgan fingerprint density at radius 1 is 1.50 bits per heavy atom. The minimum atomic E-state index is -0.389. The van der Waals surface area contributed by atoms with E-state index in [1.165, 1.54) is 0 Å². The zero-order valence-corrected chi connectivity index (χ0v) is 11.8. The molecule has 0 amide bonds. The third kappa shape index (κ3) is 3.87. The van der Waals surface area contributed by atoms with E-state index in [9.17, 15) is 4.79 Å². The quantitative estimate of drug-likeness (QED) is 0.639. The highest BCUT2D eigenvalue weighted by Crippen LogP contribution is 2.24. The third-order valence-electron chi connectivity index (χ3n) is 3.22. The van der Waals surface area contributed by atoms with Crippen molar-refractivity contribution in [3.05, 3.63) is 23.8 Å². The number of anilines is 1. The molecule has 2 N–H and O–H groups in total. The molecular weight excluding hydrogens is 258 g/mol. The van der Waals surface area contributed by atoms with E-state index in [2.05, 4.69) is 0 Å². The lowest BCUT2D eigenvalue weighted by molar-refractivity contribution is 0.0520. The summed E-state index contributed by atoms with van der Waals surface area (Å²) in [5, 5.41) is 0. The number of nitrogen functional groups attached to an aromatic ring is 1. The van der Waals surface area contributed by atoms with Gasteiger partial charge < -0.3 is 19.9 Å². The molecule has 1 aliphatic rings. The van der Waals surface area contributed by atoms with Gasteiger partial charge in [-0.05, 0) is 31.9 Å². The molecule has 20 heavy (non-hydrogen) atoms. The highest BCUT2D eigenvalue weighted by molar-refractivity contribution is 5.93. The number of hydrogen-bond donors (Lipinski definition) is 1. The van der Waals surface area contributed by atoms with Gasteiger partial charge in [-0.1, -0.05) is 0 Å².